The predicted molar refractivity (Wildman–Crippen MR) is 122 cm³/mol. The van der Waals surface area contributed by atoms with Gasteiger partial charge in [-0.05, 0) is 37.9 Å². The third-order valence-electron chi connectivity index (χ3n) is 6.00. The Bertz CT molecular complexity index is 845. The lowest BCUT2D eigenvalue weighted by Crippen LogP contribution is -2.50. The van der Waals surface area contributed by atoms with Crippen LogP contribution in [-0.4, -0.2) is 56.9 Å². The van der Waals surface area contributed by atoms with Crippen molar-refractivity contribution in [1.29, 1.82) is 5.26 Å². The second-order valence-electron chi connectivity index (χ2n) is 9.51. The molecule has 158 valence electrons. The number of ether oxygens (including phenoxy) is 1. The van der Waals surface area contributed by atoms with Gasteiger partial charge in [-0.1, -0.05) is 26.1 Å². The minimum Gasteiger partial charge on any atom is -0.385 e. The van der Waals surface area contributed by atoms with Crippen molar-refractivity contribution in [3.8, 4) is 6.07 Å². The van der Waals surface area contributed by atoms with Crippen molar-refractivity contribution in [2.45, 2.75) is 56.9 Å². The summed E-state index contributed by atoms with van der Waals surface area (Å²) in [6.07, 6.45) is 8.64. The average Bonchev–Trinajstić information content (AvgIpc) is 3.31. The second-order valence-corrected chi connectivity index (χ2v) is 15.1. The summed E-state index contributed by atoms with van der Waals surface area (Å²) in [5, 5.41) is 14.0. The number of methoxy groups -OCH3 is 1. The molecule has 29 heavy (non-hydrogen) atoms. The van der Waals surface area contributed by atoms with Crippen LogP contribution in [0.4, 0.5) is 5.69 Å². The van der Waals surface area contributed by atoms with Gasteiger partial charge in [0, 0.05) is 52.8 Å². The van der Waals surface area contributed by atoms with E-state index in [1.165, 1.54) is 31.7 Å². The molecule has 0 saturated carbocycles. The number of rotatable bonds is 4. The third kappa shape index (κ3) is 5.38. The van der Waals surface area contributed by atoms with Crippen molar-refractivity contribution in [1.82, 2.24) is 15.3 Å². The van der Waals surface area contributed by atoms with Crippen molar-refractivity contribution in [3.05, 3.63) is 24.0 Å². The maximum Gasteiger partial charge on any atom is 0.140 e. The van der Waals surface area contributed by atoms with Crippen molar-refractivity contribution in [2.24, 2.45) is 0 Å². The van der Waals surface area contributed by atoms with Gasteiger partial charge in [-0.25, -0.2) is 4.98 Å². The van der Waals surface area contributed by atoms with Crippen LogP contribution < -0.4 is 10.2 Å². The average molecular weight is 414 g/mol. The fourth-order valence-electron chi connectivity index (χ4n) is 4.26. The summed E-state index contributed by atoms with van der Waals surface area (Å²) in [5.41, 5.74) is 2.91. The van der Waals surface area contributed by atoms with Gasteiger partial charge in [-0.3, -0.25) is 0 Å². The third-order valence-corrected chi connectivity index (χ3v) is 7.71. The van der Waals surface area contributed by atoms with Crippen molar-refractivity contribution in [3.63, 3.8) is 0 Å². The van der Waals surface area contributed by atoms with Gasteiger partial charge in [-0.15, -0.1) is 0 Å². The maximum absolute atomic E-state index is 9.31. The zero-order valence-corrected chi connectivity index (χ0v) is 19.3. The predicted octanol–water partition coefficient (Wildman–Crippen LogP) is 4.13. The zero-order chi connectivity index (χ0) is 20.9. The number of anilines is 1. The molecular formula is C22H35N5OSi. The molecule has 1 atom stereocenters. The zero-order valence-electron chi connectivity index (χ0n) is 18.3. The number of nitrogens with zero attached hydrogens (tertiary/aromatic N) is 3. The second kappa shape index (κ2) is 9.29. The Morgan fingerprint density at radius 2 is 2.14 bits per heavy atom. The summed E-state index contributed by atoms with van der Waals surface area (Å²) in [5.74, 6) is 0. The monoisotopic (exact) mass is 413 g/mol. The minimum absolute atomic E-state index is 0.275. The van der Waals surface area contributed by atoms with Crippen molar-refractivity contribution < 1.29 is 4.74 Å². The van der Waals surface area contributed by atoms with E-state index in [-0.39, 0.29) is 5.54 Å². The molecule has 2 N–H and O–H groups in total. The van der Waals surface area contributed by atoms with E-state index in [1.807, 2.05) is 12.3 Å². The van der Waals surface area contributed by atoms with E-state index < -0.39 is 8.07 Å². The van der Waals surface area contributed by atoms with Gasteiger partial charge in [0.15, 0.2) is 0 Å². The molecule has 2 aliphatic heterocycles. The topological polar surface area (TPSA) is 77.0 Å². The van der Waals surface area contributed by atoms with Gasteiger partial charge in [-0.2, -0.15) is 5.26 Å². The Morgan fingerprint density at radius 1 is 1.31 bits per heavy atom. The highest BCUT2D eigenvalue weighted by Gasteiger charge is 2.39. The van der Waals surface area contributed by atoms with Crippen molar-refractivity contribution >= 4 is 24.8 Å². The number of nitriles is 1. The van der Waals surface area contributed by atoms with E-state index in [0.717, 1.165) is 43.0 Å². The fraction of sp³-hybridized carbons (Fsp3) is 0.636. The normalized spacial score (nSPS) is 21.8. The first-order chi connectivity index (χ1) is 13.9. The molecule has 2 aromatic rings. The highest BCUT2D eigenvalue weighted by molar-refractivity contribution is 6.76. The number of aromatic nitrogens is 2. The fourth-order valence-corrected chi connectivity index (χ4v) is 5.07. The molecule has 2 saturated heterocycles. The Labute approximate surface area is 175 Å². The largest absolute Gasteiger partial charge is 0.385 e. The first-order valence-electron chi connectivity index (χ1n) is 10.7. The standard InChI is InChI=1S/C16H19N5.C6H16OSi/c17-9-12-10-19-15-14(12)13(3-7-18-15)21-8-5-16(11-21)4-1-2-6-20-16;1-7-5-6-8(2,3)4/h3,7,10,20H,1-2,4-6,8,11H2,(H,18,19);5-6H2,1-4H3. The molecule has 7 heteroatoms. The van der Waals surface area contributed by atoms with Gasteiger partial charge in [0.1, 0.15) is 11.7 Å². The Morgan fingerprint density at radius 3 is 2.76 bits per heavy atom. The Balaban J connectivity index is 0.000000258. The molecule has 1 unspecified atom stereocenters. The lowest BCUT2D eigenvalue weighted by Gasteiger charge is -2.35. The molecule has 4 heterocycles. The van der Waals surface area contributed by atoms with Crippen LogP contribution in [0.3, 0.4) is 0 Å². The Hall–Kier alpha value is -1.88. The van der Waals surface area contributed by atoms with Crippen LogP contribution in [0.25, 0.3) is 11.0 Å². The lowest BCUT2D eigenvalue weighted by molar-refractivity contribution is 0.214. The van der Waals surface area contributed by atoms with E-state index in [2.05, 4.69) is 45.9 Å². The minimum atomic E-state index is -0.803. The molecule has 2 fully saturated rings. The summed E-state index contributed by atoms with van der Waals surface area (Å²) in [4.78, 5) is 9.85. The maximum atomic E-state index is 9.31. The molecule has 0 radical (unpaired) electrons. The van der Waals surface area contributed by atoms with E-state index in [9.17, 15) is 5.26 Å². The summed E-state index contributed by atoms with van der Waals surface area (Å²) in [7, 11) is 0.961. The Kier molecular flexibility index (Phi) is 6.99. The van der Waals surface area contributed by atoms with Gasteiger partial charge in [0.05, 0.1) is 16.6 Å². The summed E-state index contributed by atoms with van der Waals surface area (Å²) in [6, 6.07) is 5.59. The van der Waals surface area contributed by atoms with Gasteiger partial charge in [0.2, 0.25) is 0 Å². The molecule has 1 spiro atoms. The molecule has 0 aromatic carbocycles. The number of aromatic amines is 1. The van der Waals surface area contributed by atoms with Gasteiger partial charge < -0.3 is 19.9 Å². The first kappa shape index (κ1) is 21.8. The smallest absolute Gasteiger partial charge is 0.140 e. The quantitative estimate of drug-likeness (QED) is 0.737. The number of pyridine rings is 1. The van der Waals surface area contributed by atoms with Gasteiger partial charge in [0.25, 0.3) is 0 Å². The van der Waals surface area contributed by atoms with E-state index in [4.69, 9.17) is 4.74 Å². The molecule has 2 aromatic heterocycles. The molecule has 0 bridgehead atoms. The van der Waals surface area contributed by atoms with Crippen molar-refractivity contribution in [2.75, 3.05) is 38.3 Å². The summed E-state index contributed by atoms with van der Waals surface area (Å²) in [6.45, 7) is 11.2. The first-order valence-corrected chi connectivity index (χ1v) is 14.4. The molecule has 4 rings (SSSR count). The SMILES string of the molecule is COCC[Si](C)(C)C.N#Cc1c[nH]c2nccc(N3CCC4(CCCCN4)C3)c12. The van der Waals surface area contributed by atoms with Crippen LogP contribution in [0, 0.1) is 11.3 Å². The van der Waals surface area contributed by atoms with E-state index in [1.54, 1.807) is 13.3 Å². The molecule has 6 nitrogen and oxygen atoms in total. The molecule has 0 aliphatic carbocycles. The van der Waals surface area contributed by atoms with Crippen LogP contribution in [0.1, 0.15) is 31.2 Å². The van der Waals surface area contributed by atoms with Crippen LogP contribution in [-0.2, 0) is 4.74 Å². The molecular weight excluding hydrogens is 378 g/mol. The van der Waals surface area contributed by atoms with Crippen LogP contribution in [0.5, 0.6) is 0 Å². The summed E-state index contributed by atoms with van der Waals surface area (Å²) >= 11 is 0. The highest BCUT2D eigenvalue weighted by atomic mass is 28.3. The van der Waals surface area contributed by atoms with Crippen LogP contribution in [0.2, 0.25) is 25.7 Å². The van der Waals surface area contributed by atoms with Gasteiger partial charge >= 0.3 is 0 Å². The number of piperidine rings is 1. The van der Waals surface area contributed by atoms with E-state index in [0.29, 0.717) is 5.56 Å². The van der Waals surface area contributed by atoms with E-state index >= 15 is 0 Å². The number of H-pyrrole nitrogens is 1. The number of fused-ring (bicyclic) bond motifs is 1. The lowest BCUT2D eigenvalue weighted by atomic mass is 9.88. The number of hydrogen-bond acceptors (Lipinski definition) is 5. The summed E-state index contributed by atoms with van der Waals surface area (Å²) < 4.78 is 4.95. The molecule has 2 aliphatic rings. The number of hydrogen-bond donors (Lipinski definition) is 2. The highest BCUT2D eigenvalue weighted by Crippen LogP contribution is 2.36. The van der Waals surface area contributed by atoms with Crippen LogP contribution in [0.15, 0.2) is 18.5 Å². The number of nitrogens with one attached hydrogen (secondary N) is 2. The molecule has 0 amide bonds. The van der Waals surface area contributed by atoms with Crippen LogP contribution >= 0.6 is 0 Å².